The molecule has 0 aromatic rings. The van der Waals surface area contributed by atoms with Gasteiger partial charge in [0.1, 0.15) is 30.5 Å². The van der Waals surface area contributed by atoms with Gasteiger partial charge in [-0.2, -0.15) is 0 Å². The Bertz CT molecular complexity index is 722. The van der Waals surface area contributed by atoms with E-state index in [-0.39, 0.29) is 19.2 Å². The molecule has 9 nitrogen and oxygen atoms in total. The maximum Gasteiger partial charge on any atom is 0.306 e. The largest absolute Gasteiger partial charge is 0.457 e. The second-order valence-corrected chi connectivity index (χ2v) is 14.5. The van der Waals surface area contributed by atoms with E-state index in [9.17, 15) is 25.2 Å². The average molecular weight is 703 g/mol. The fraction of sp³-hybridized carbons (Fsp3) is 0.975. The third-order valence-corrected chi connectivity index (χ3v) is 9.77. The Balaban J connectivity index is 2.29. The normalized spacial score (nSPS) is 21.6. The standard InChI is InChI=1S/C40H78O9/c1-3-5-7-9-11-13-15-17-18-20-22-24-26-28-30-46-32-34(33-47-40-39(45)38(44)37(43)35(31-41)49-40)48-36(42)29-27-25-23-21-19-16-14-12-10-8-6-4-2/h34-35,37-41,43-45H,3-33H2,1-2H3. The summed E-state index contributed by atoms with van der Waals surface area (Å²) in [5.41, 5.74) is 0. The van der Waals surface area contributed by atoms with Crippen molar-refractivity contribution >= 4 is 5.97 Å². The molecule has 4 N–H and O–H groups in total. The average Bonchev–Trinajstić information content (AvgIpc) is 3.10. The van der Waals surface area contributed by atoms with Gasteiger partial charge in [-0.1, -0.05) is 168 Å². The quantitative estimate of drug-likeness (QED) is 0.0380. The van der Waals surface area contributed by atoms with Crippen LogP contribution in [0.5, 0.6) is 0 Å². The van der Waals surface area contributed by atoms with Crippen LogP contribution >= 0.6 is 0 Å². The van der Waals surface area contributed by atoms with Crippen molar-refractivity contribution in [3.05, 3.63) is 0 Å². The Morgan fingerprint density at radius 1 is 0.571 bits per heavy atom. The van der Waals surface area contributed by atoms with Crippen LogP contribution in [0.15, 0.2) is 0 Å². The minimum absolute atomic E-state index is 0.106. The van der Waals surface area contributed by atoms with Gasteiger partial charge in [-0.25, -0.2) is 0 Å². The van der Waals surface area contributed by atoms with Gasteiger partial charge in [0.15, 0.2) is 6.29 Å². The fourth-order valence-electron chi connectivity index (χ4n) is 6.49. The number of unbranched alkanes of at least 4 members (excludes halogenated alkanes) is 24. The van der Waals surface area contributed by atoms with Crippen LogP contribution in [-0.2, 0) is 23.7 Å². The summed E-state index contributed by atoms with van der Waals surface area (Å²) in [6.07, 6.45) is 25.5. The van der Waals surface area contributed by atoms with Gasteiger partial charge in [-0.05, 0) is 12.8 Å². The first kappa shape index (κ1) is 46.2. The number of rotatable bonds is 35. The molecule has 0 spiro atoms. The van der Waals surface area contributed by atoms with Crippen LogP contribution in [0.25, 0.3) is 0 Å². The minimum atomic E-state index is -1.53. The number of carbonyl (C=O) groups is 1. The Kier molecular flexibility index (Phi) is 31.2. The van der Waals surface area contributed by atoms with E-state index in [2.05, 4.69) is 13.8 Å². The Morgan fingerprint density at radius 3 is 1.45 bits per heavy atom. The zero-order valence-electron chi connectivity index (χ0n) is 31.7. The highest BCUT2D eigenvalue weighted by Gasteiger charge is 2.44. The summed E-state index contributed by atoms with van der Waals surface area (Å²) in [5.74, 6) is -0.311. The zero-order chi connectivity index (χ0) is 35.8. The molecular formula is C40H78O9. The van der Waals surface area contributed by atoms with Crippen molar-refractivity contribution in [1.82, 2.24) is 0 Å². The smallest absolute Gasteiger partial charge is 0.306 e. The number of hydrogen-bond donors (Lipinski definition) is 4. The van der Waals surface area contributed by atoms with Gasteiger partial charge in [0.2, 0.25) is 0 Å². The van der Waals surface area contributed by atoms with Crippen molar-refractivity contribution in [1.29, 1.82) is 0 Å². The van der Waals surface area contributed by atoms with Gasteiger partial charge >= 0.3 is 5.97 Å². The summed E-state index contributed by atoms with van der Waals surface area (Å²) in [4.78, 5) is 12.7. The number of hydrogen-bond acceptors (Lipinski definition) is 9. The monoisotopic (exact) mass is 703 g/mol. The lowest BCUT2D eigenvalue weighted by molar-refractivity contribution is -0.305. The first-order valence-corrected chi connectivity index (χ1v) is 20.6. The van der Waals surface area contributed by atoms with Gasteiger partial charge in [-0.15, -0.1) is 0 Å². The van der Waals surface area contributed by atoms with Gasteiger partial charge in [-0.3, -0.25) is 4.79 Å². The molecule has 1 fully saturated rings. The van der Waals surface area contributed by atoms with E-state index >= 15 is 0 Å². The number of esters is 1. The van der Waals surface area contributed by atoms with Crippen LogP contribution in [0.4, 0.5) is 0 Å². The third-order valence-electron chi connectivity index (χ3n) is 9.77. The second kappa shape index (κ2) is 33.1. The van der Waals surface area contributed by atoms with Crippen molar-refractivity contribution in [3.8, 4) is 0 Å². The molecule has 0 aromatic heterocycles. The zero-order valence-corrected chi connectivity index (χ0v) is 31.7. The maximum atomic E-state index is 12.7. The SMILES string of the molecule is CCCCCCCCCCCCCCCCOCC(COC1OC(CO)C(O)C(O)C1O)OC(=O)CCCCCCCCCCCCCC. The molecule has 1 aliphatic heterocycles. The van der Waals surface area contributed by atoms with E-state index in [1.807, 2.05) is 0 Å². The minimum Gasteiger partial charge on any atom is -0.457 e. The van der Waals surface area contributed by atoms with Gasteiger partial charge in [0.05, 0.1) is 19.8 Å². The Labute approximate surface area is 300 Å². The molecule has 0 radical (unpaired) electrons. The summed E-state index contributed by atoms with van der Waals surface area (Å²) in [6, 6.07) is 0. The summed E-state index contributed by atoms with van der Waals surface area (Å²) in [7, 11) is 0. The maximum absolute atomic E-state index is 12.7. The van der Waals surface area contributed by atoms with Gasteiger partial charge < -0.3 is 39.4 Å². The van der Waals surface area contributed by atoms with E-state index in [0.29, 0.717) is 13.0 Å². The van der Waals surface area contributed by atoms with Crippen LogP contribution < -0.4 is 0 Å². The van der Waals surface area contributed by atoms with Crippen LogP contribution in [0.1, 0.15) is 187 Å². The van der Waals surface area contributed by atoms with Crippen molar-refractivity contribution in [3.63, 3.8) is 0 Å². The van der Waals surface area contributed by atoms with Crippen LogP contribution in [0.3, 0.4) is 0 Å². The van der Waals surface area contributed by atoms with Gasteiger partial charge in [0.25, 0.3) is 0 Å². The van der Waals surface area contributed by atoms with E-state index in [4.69, 9.17) is 18.9 Å². The molecule has 6 unspecified atom stereocenters. The lowest BCUT2D eigenvalue weighted by Crippen LogP contribution is -2.59. The topological polar surface area (TPSA) is 135 Å². The summed E-state index contributed by atoms with van der Waals surface area (Å²) in [5, 5.41) is 40.0. The number of ether oxygens (including phenoxy) is 4. The third kappa shape index (κ3) is 24.9. The molecule has 0 aromatic carbocycles. The number of carbonyl (C=O) groups excluding carboxylic acids is 1. The lowest BCUT2D eigenvalue weighted by atomic mass is 9.99. The first-order valence-electron chi connectivity index (χ1n) is 20.6. The highest BCUT2D eigenvalue weighted by Crippen LogP contribution is 2.22. The van der Waals surface area contributed by atoms with Crippen molar-refractivity contribution in [2.45, 2.75) is 224 Å². The Morgan fingerprint density at radius 2 is 1.00 bits per heavy atom. The van der Waals surface area contributed by atoms with Crippen molar-refractivity contribution in [2.24, 2.45) is 0 Å². The fourth-order valence-corrected chi connectivity index (χ4v) is 6.49. The highest BCUT2D eigenvalue weighted by molar-refractivity contribution is 5.69. The van der Waals surface area contributed by atoms with E-state index in [0.717, 1.165) is 32.1 Å². The summed E-state index contributed by atoms with van der Waals surface area (Å²) < 4.78 is 22.7. The molecule has 0 bridgehead atoms. The molecule has 0 amide bonds. The van der Waals surface area contributed by atoms with E-state index < -0.39 is 43.4 Å². The first-order chi connectivity index (χ1) is 23.9. The molecule has 0 saturated carbocycles. The van der Waals surface area contributed by atoms with E-state index in [1.165, 1.54) is 135 Å². The van der Waals surface area contributed by atoms with Crippen molar-refractivity contribution < 1.29 is 44.2 Å². The van der Waals surface area contributed by atoms with Crippen LogP contribution in [0.2, 0.25) is 0 Å². The number of aliphatic hydroxyl groups is 4. The molecule has 1 heterocycles. The predicted molar refractivity (Wildman–Crippen MR) is 196 cm³/mol. The molecular weight excluding hydrogens is 624 g/mol. The van der Waals surface area contributed by atoms with E-state index in [1.54, 1.807) is 0 Å². The van der Waals surface area contributed by atoms with Crippen molar-refractivity contribution in [2.75, 3.05) is 26.4 Å². The molecule has 1 saturated heterocycles. The second-order valence-electron chi connectivity index (χ2n) is 14.5. The van der Waals surface area contributed by atoms with Crippen LogP contribution in [-0.4, -0.2) is 89.6 Å². The number of aliphatic hydroxyl groups excluding tert-OH is 4. The summed E-state index contributed by atoms with van der Waals surface area (Å²) >= 11 is 0. The predicted octanol–water partition coefficient (Wildman–Crippen LogP) is 8.30. The molecule has 1 rings (SSSR count). The molecule has 6 atom stereocenters. The molecule has 1 aliphatic rings. The molecule has 49 heavy (non-hydrogen) atoms. The van der Waals surface area contributed by atoms with Crippen LogP contribution in [0, 0.1) is 0 Å². The Hall–Kier alpha value is -0.810. The van der Waals surface area contributed by atoms with Gasteiger partial charge in [0, 0.05) is 13.0 Å². The summed E-state index contributed by atoms with van der Waals surface area (Å²) in [6.45, 7) is 4.58. The molecule has 0 aliphatic carbocycles. The lowest BCUT2D eigenvalue weighted by Gasteiger charge is -2.39. The molecule has 9 heteroatoms. The highest BCUT2D eigenvalue weighted by atomic mass is 16.7. The molecule has 292 valence electrons.